The van der Waals surface area contributed by atoms with E-state index in [0.29, 0.717) is 11.6 Å². The second-order valence-corrected chi connectivity index (χ2v) is 5.76. The van der Waals surface area contributed by atoms with Crippen LogP contribution in [0.4, 0.5) is 0 Å². The van der Waals surface area contributed by atoms with E-state index >= 15 is 0 Å². The summed E-state index contributed by atoms with van der Waals surface area (Å²) >= 11 is 0. The third kappa shape index (κ3) is 1.94. The van der Waals surface area contributed by atoms with Crippen molar-refractivity contribution < 1.29 is 0 Å². The van der Waals surface area contributed by atoms with Crippen LogP contribution in [0.15, 0.2) is 0 Å². The number of hydrogen-bond donors (Lipinski definition) is 1. The van der Waals surface area contributed by atoms with Crippen LogP contribution in [0.25, 0.3) is 0 Å². The predicted molar refractivity (Wildman–Crippen MR) is 64.7 cm³/mol. The normalized spacial score (nSPS) is 38.8. The minimum Gasteiger partial charge on any atom is -0.327 e. The summed E-state index contributed by atoms with van der Waals surface area (Å²) < 4.78 is 0. The van der Waals surface area contributed by atoms with E-state index in [1.807, 2.05) is 0 Å². The van der Waals surface area contributed by atoms with E-state index < -0.39 is 0 Å². The van der Waals surface area contributed by atoms with E-state index in [-0.39, 0.29) is 0 Å². The first-order valence-corrected chi connectivity index (χ1v) is 6.63. The quantitative estimate of drug-likeness (QED) is 0.754. The van der Waals surface area contributed by atoms with Gasteiger partial charge < -0.3 is 5.73 Å². The summed E-state index contributed by atoms with van der Waals surface area (Å²) in [5.41, 5.74) is 6.44. The van der Waals surface area contributed by atoms with Crippen LogP contribution in [0, 0.1) is 11.8 Å². The summed E-state index contributed by atoms with van der Waals surface area (Å²) in [6.07, 6.45) is 5.31. The average Bonchev–Trinajstić information content (AvgIpc) is 2.71. The van der Waals surface area contributed by atoms with Gasteiger partial charge in [-0.05, 0) is 31.6 Å². The van der Waals surface area contributed by atoms with Gasteiger partial charge in [-0.1, -0.05) is 26.7 Å². The average molecular weight is 210 g/mol. The van der Waals surface area contributed by atoms with Crippen LogP contribution in [0.2, 0.25) is 0 Å². The van der Waals surface area contributed by atoms with E-state index in [4.69, 9.17) is 5.73 Å². The summed E-state index contributed by atoms with van der Waals surface area (Å²) in [6, 6.07) is 0.536. The second-order valence-electron chi connectivity index (χ2n) is 5.76. The van der Waals surface area contributed by atoms with Crippen molar-refractivity contribution >= 4 is 0 Å². The maximum Gasteiger partial charge on any atom is 0.0179 e. The molecule has 0 spiro atoms. The SMILES string of the molecule is CCCCC(C)(CC)N1CC2C(N)C2C1. The lowest BCUT2D eigenvalue weighted by Gasteiger charge is -2.40. The summed E-state index contributed by atoms with van der Waals surface area (Å²) in [7, 11) is 0. The van der Waals surface area contributed by atoms with Gasteiger partial charge in [0.2, 0.25) is 0 Å². The molecule has 2 fully saturated rings. The van der Waals surface area contributed by atoms with Crippen LogP contribution in [-0.2, 0) is 0 Å². The molecule has 0 radical (unpaired) electrons. The van der Waals surface area contributed by atoms with Gasteiger partial charge in [-0.15, -0.1) is 0 Å². The van der Waals surface area contributed by atoms with Gasteiger partial charge in [-0.2, -0.15) is 0 Å². The fourth-order valence-electron chi connectivity index (χ4n) is 3.13. The Morgan fingerprint density at radius 1 is 1.27 bits per heavy atom. The fraction of sp³-hybridized carbons (Fsp3) is 1.00. The number of nitrogens with zero attached hydrogens (tertiary/aromatic N) is 1. The number of piperidine rings is 1. The molecule has 1 aliphatic heterocycles. The van der Waals surface area contributed by atoms with Crippen molar-refractivity contribution in [3.05, 3.63) is 0 Å². The van der Waals surface area contributed by atoms with Crippen molar-refractivity contribution in [1.82, 2.24) is 4.90 Å². The molecule has 2 rings (SSSR count). The minimum absolute atomic E-state index is 0.448. The molecule has 15 heavy (non-hydrogen) atoms. The number of fused-ring (bicyclic) bond motifs is 1. The Balaban J connectivity index is 1.90. The first-order valence-electron chi connectivity index (χ1n) is 6.63. The zero-order valence-corrected chi connectivity index (χ0v) is 10.5. The molecule has 0 bridgehead atoms. The number of unbranched alkanes of at least 4 members (excludes halogenated alkanes) is 1. The molecule has 88 valence electrons. The lowest BCUT2D eigenvalue weighted by molar-refractivity contribution is 0.100. The topological polar surface area (TPSA) is 29.3 Å². The van der Waals surface area contributed by atoms with E-state index in [2.05, 4.69) is 25.7 Å². The van der Waals surface area contributed by atoms with Gasteiger partial charge in [0.1, 0.15) is 0 Å². The van der Waals surface area contributed by atoms with Crippen LogP contribution in [0.1, 0.15) is 46.5 Å². The Morgan fingerprint density at radius 3 is 2.33 bits per heavy atom. The predicted octanol–water partition coefficient (Wildman–Crippen LogP) is 2.23. The summed E-state index contributed by atoms with van der Waals surface area (Å²) in [5, 5.41) is 0. The molecular formula is C13H26N2. The van der Waals surface area contributed by atoms with Crippen molar-refractivity contribution in [1.29, 1.82) is 0 Å². The highest BCUT2D eigenvalue weighted by atomic mass is 15.3. The molecule has 2 N–H and O–H groups in total. The monoisotopic (exact) mass is 210 g/mol. The molecule has 0 aromatic carbocycles. The van der Waals surface area contributed by atoms with Crippen LogP contribution < -0.4 is 5.73 Å². The van der Waals surface area contributed by atoms with E-state index in [1.165, 1.54) is 38.8 Å². The van der Waals surface area contributed by atoms with Crippen molar-refractivity contribution in [3.63, 3.8) is 0 Å². The maximum atomic E-state index is 5.99. The molecule has 0 aromatic heterocycles. The van der Waals surface area contributed by atoms with Crippen molar-refractivity contribution in [3.8, 4) is 0 Å². The molecule has 1 heterocycles. The first-order chi connectivity index (χ1) is 7.12. The maximum absolute atomic E-state index is 5.99. The fourth-order valence-corrected chi connectivity index (χ4v) is 3.13. The molecule has 2 aliphatic rings. The highest BCUT2D eigenvalue weighted by Crippen LogP contribution is 2.47. The second kappa shape index (κ2) is 4.06. The van der Waals surface area contributed by atoms with Gasteiger partial charge in [0.05, 0.1) is 0 Å². The van der Waals surface area contributed by atoms with Gasteiger partial charge in [0.25, 0.3) is 0 Å². The van der Waals surface area contributed by atoms with Crippen LogP contribution in [0.5, 0.6) is 0 Å². The van der Waals surface area contributed by atoms with Crippen LogP contribution >= 0.6 is 0 Å². The Hall–Kier alpha value is -0.0800. The van der Waals surface area contributed by atoms with Gasteiger partial charge in [-0.25, -0.2) is 0 Å². The van der Waals surface area contributed by atoms with Crippen molar-refractivity contribution in [2.24, 2.45) is 17.6 Å². The summed E-state index contributed by atoms with van der Waals surface area (Å²) in [6.45, 7) is 9.59. The number of hydrogen-bond acceptors (Lipinski definition) is 2. The summed E-state index contributed by atoms with van der Waals surface area (Å²) in [5.74, 6) is 1.66. The van der Waals surface area contributed by atoms with Gasteiger partial charge in [-0.3, -0.25) is 4.90 Å². The Bertz CT molecular complexity index is 217. The zero-order valence-electron chi connectivity index (χ0n) is 10.5. The zero-order chi connectivity index (χ0) is 11.1. The first kappa shape index (κ1) is 11.4. The van der Waals surface area contributed by atoms with E-state index in [0.717, 1.165) is 11.8 Å². The van der Waals surface area contributed by atoms with Gasteiger partial charge in [0, 0.05) is 24.7 Å². The molecule has 1 saturated heterocycles. The van der Waals surface area contributed by atoms with Crippen LogP contribution in [0.3, 0.4) is 0 Å². The Morgan fingerprint density at radius 2 is 1.87 bits per heavy atom. The molecule has 1 saturated carbocycles. The molecule has 3 atom stereocenters. The molecule has 1 aliphatic carbocycles. The molecule has 0 aromatic rings. The van der Waals surface area contributed by atoms with Crippen LogP contribution in [-0.4, -0.2) is 29.6 Å². The van der Waals surface area contributed by atoms with Crippen molar-refractivity contribution in [2.75, 3.05) is 13.1 Å². The highest BCUT2D eigenvalue weighted by Gasteiger charge is 2.55. The molecular weight excluding hydrogens is 184 g/mol. The van der Waals surface area contributed by atoms with Gasteiger partial charge in [0.15, 0.2) is 0 Å². The van der Waals surface area contributed by atoms with Crippen molar-refractivity contribution in [2.45, 2.75) is 58.0 Å². The third-order valence-electron chi connectivity index (χ3n) is 4.85. The third-order valence-corrected chi connectivity index (χ3v) is 4.85. The Kier molecular flexibility index (Phi) is 3.09. The molecule has 2 heteroatoms. The molecule has 2 nitrogen and oxygen atoms in total. The standard InChI is InChI=1S/C13H26N2/c1-4-6-7-13(3,5-2)15-8-10-11(9-15)12(10)14/h10-12H,4-9,14H2,1-3H3. The molecule has 0 amide bonds. The highest BCUT2D eigenvalue weighted by molar-refractivity contribution is 5.11. The smallest absolute Gasteiger partial charge is 0.0179 e. The number of rotatable bonds is 5. The van der Waals surface area contributed by atoms with Gasteiger partial charge >= 0.3 is 0 Å². The van der Waals surface area contributed by atoms with E-state index in [1.54, 1.807) is 0 Å². The lowest BCUT2D eigenvalue weighted by atomic mass is 9.90. The minimum atomic E-state index is 0.448. The summed E-state index contributed by atoms with van der Waals surface area (Å²) in [4.78, 5) is 2.71. The molecule has 3 unspecified atom stereocenters. The largest absolute Gasteiger partial charge is 0.327 e. The Labute approximate surface area is 94.2 Å². The number of nitrogens with two attached hydrogens (primary N) is 1. The lowest BCUT2D eigenvalue weighted by Crippen LogP contribution is -2.46. The number of likely N-dealkylation sites (tertiary alicyclic amines) is 1. The van der Waals surface area contributed by atoms with E-state index in [9.17, 15) is 0 Å².